The molecule has 13 aromatic heterocycles. The van der Waals surface area contributed by atoms with Crippen LogP contribution >= 0.6 is 0 Å². The number of para-hydroxylation sites is 4. The van der Waals surface area contributed by atoms with E-state index >= 15 is 0 Å². The van der Waals surface area contributed by atoms with Gasteiger partial charge in [-0.15, -0.1) is 51.0 Å². The van der Waals surface area contributed by atoms with Crippen LogP contribution in [0.1, 0.15) is 74.7 Å². The second kappa shape index (κ2) is 47.8. The van der Waals surface area contributed by atoms with Crippen LogP contribution in [0.2, 0.25) is 0 Å². The fourth-order valence-electron chi connectivity index (χ4n) is 18.0. The zero-order valence-corrected chi connectivity index (χ0v) is 83.5. The molecule has 1 N–H and O–H groups in total. The third-order valence-electron chi connectivity index (χ3n) is 25.7. The third-order valence-corrected chi connectivity index (χ3v) is 27.9. The van der Waals surface area contributed by atoms with Crippen molar-refractivity contribution in [2.75, 3.05) is 84.1 Å². The van der Waals surface area contributed by atoms with Crippen molar-refractivity contribution in [3.63, 3.8) is 0 Å². The van der Waals surface area contributed by atoms with Crippen LogP contribution < -0.4 is 43.2 Å². The van der Waals surface area contributed by atoms with E-state index in [0.29, 0.717) is 64.9 Å². The lowest BCUT2D eigenvalue weighted by Gasteiger charge is -2.22. The summed E-state index contributed by atoms with van der Waals surface area (Å²) in [6.07, 6.45) is 26.3. The molecule has 0 spiro atoms. The molecule has 21 rings (SSSR count). The number of sulfone groups is 1. The lowest BCUT2D eigenvalue weighted by Crippen LogP contribution is -2.35. The molecule has 20 aromatic rings. The summed E-state index contributed by atoms with van der Waals surface area (Å²) in [7, 11) is 13.7. The predicted octanol–water partition coefficient (Wildman–Crippen LogP) is 18.4. The smallest absolute Gasteiger partial charge is 0.316 e. The van der Waals surface area contributed by atoms with Crippen LogP contribution in [-0.4, -0.2) is 196 Å². The largest absolute Gasteiger partial charge is 0.497 e. The van der Waals surface area contributed by atoms with Gasteiger partial charge in [0.15, 0.2) is 43.9 Å². The number of aromatic nitrogens is 19. The number of piperidine rings is 1. The topological polar surface area (TPSA) is 326 Å². The zero-order valence-electron chi connectivity index (χ0n) is 82.7. The number of pyridine rings is 7. The van der Waals surface area contributed by atoms with Crippen LogP contribution in [0.4, 0.5) is 8.78 Å². The summed E-state index contributed by atoms with van der Waals surface area (Å²) in [6, 6.07) is 76.9. The maximum absolute atomic E-state index is 14.2. The first-order chi connectivity index (χ1) is 71.4. The first-order valence-electron chi connectivity index (χ1n) is 47.7. The van der Waals surface area contributed by atoms with Gasteiger partial charge in [0.05, 0.1) is 73.2 Å². The number of fused-ring (bicyclic) bond motifs is 5. The van der Waals surface area contributed by atoms with Gasteiger partial charge in [-0.25, -0.2) is 32.2 Å². The summed E-state index contributed by atoms with van der Waals surface area (Å²) < 4.78 is 106. The highest BCUT2D eigenvalue weighted by Gasteiger charge is 2.30. The van der Waals surface area contributed by atoms with Gasteiger partial charge in [-0.05, 0) is 276 Å². The molecule has 1 fully saturated rings. The molecule has 0 unspecified atom stereocenters. The highest BCUT2D eigenvalue weighted by molar-refractivity contribution is 7.92. The van der Waals surface area contributed by atoms with E-state index in [1.807, 2.05) is 137 Å². The quantitative estimate of drug-likeness (QED) is 0.0409. The average Bonchev–Trinajstić information content (AvgIpc) is 1.79. The van der Waals surface area contributed by atoms with Gasteiger partial charge in [0.25, 0.3) is 0 Å². The summed E-state index contributed by atoms with van der Waals surface area (Å²) in [5.74, 6) is 4.19. The molecule has 744 valence electrons. The highest BCUT2D eigenvalue weighted by Crippen LogP contribution is 2.36. The fraction of sp³-hybridized carbons (Fsp3) is 0.232. The molecule has 0 aliphatic carbocycles. The minimum absolute atomic E-state index is 0.0327. The van der Waals surface area contributed by atoms with Crippen LogP contribution in [0.25, 0.3) is 83.9 Å². The summed E-state index contributed by atoms with van der Waals surface area (Å²) in [4.78, 5) is 19.1. The summed E-state index contributed by atoms with van der Waals surface area (Å²) in [5.41, 5.74) is 24.8. The van der Waals surface area contributed by atoms with Crippen molar-refractivity contribution in [3.8, 4) is 102 Å². The van der Waals surface area contributed by atoms with Gasteiger partial charge in [-0.2, -0.15) is 0 Å². The Hall–Kier alpha value is -16.9. The minimum atomic E-state index is -3.32. The van der Waals surface area contributed by atoms with E-state index in [-0.39, 0.29) is 16.9 Å². The molecule has 146 heavy (non-hydrogen) atoms. The Kier molecular flexibility index (Phi) is 33.0. The van der Waals surface area contributed by atoms with Crippen LogP contribution in [0.5, 0.6) is 46.4 Å². The van der Waals surface area contributed by atoms with Crippen molar-refractivity contribution in [1.82, 2.24) is 103 Å². The maximum atomic E-state index is 14.2. The first kappa shape index (κ1) is 101. The molecular weight excluding hydrogens is 1870 g/mol. The normalized spacial score (nSPS) is 12.0. The number of nitrogens with one attached hydrogen (secondary N) is 1. The number of rotatable bonds is 32. The second-order valence-corrected chi connectivity index (χ2v) is 37.0. The molecule has 1 saturated heterocycles. The van der Waals surface area contributed by atoms with E-state index in [1.165, 1.54) is 35.9 Å². The molecule has 14 heterocycles. The Morgan fingerprint density at radius 2 is 0.699 bits per heavy atom. The lowest BCUT2D eigenvalue weighted by molar-refractivity contribution is 0.369. The van der Waals surface area contributed by atoms with Crippen molar-refractivity contribution in [2.24, 2.45) is 0 Å². The molecule has 0 radical (unpaired) electrons. The number of nitrogens with zero attached hydrogens (tertiary/aromatic N) is 20. The zero-order chi connectivity index (χ0) is 101. The number of methoxy groups -OCH3 is 8. The SMILES string of the molecule is COc1ccc(F)c(CCc2ccc(-c3ccc(CN(C)C)cc3)c3nncn23)c1.COc1ccccc1CCc1ccc(-c2ccc(S(=O)(=O)C3CCNCC3)cc2)c2nncn12.COc1ccccc1CCc1ccc(-c2cnc(OC)c(F)c2)c2nncn12.COc1cncc(-c2ccc(CCc3ccccc3OC)n3cnnc23)c1.COc1ncc(-c2ccc(CCc3ccccc3OC)n3cnnc23)cn1. The van der Waals surface area contributed by atoms with E-state index in [2.05, 4.69) is 180 Å². The third kappa shape index (κ3) is 23.5. The van der Waals surface area contributed by atoms with Gasteiger partial charge in [0.2, 0.25) is 5.88 Å². The van der Waals surface area contributed by atoms with E-state index in [1.54, 1.807) is 137 Å². The summed E-state index contributed by atoms with van der Waals surface area (Å²) >= 11 is 0. The summed E-state index contributed by atoms with van der Waals surface area (Å²) in [5, 5.41) is 44.9. The van der Waals surface area contributed by atoms with Crippen LogP contribution in [-0.2, 0) is 80.6 Å². The lowest BCUT2D eigenvalue weighted by atomic mass is 10.0. The Bertz CT molecular complexity index is 7960. The molecule has 0 amide bonds. The Balaban J connectivity index is 0.000000125. The van der Waals surface area contributed by atoms with Crippen molar-refractivity contribution < 1.29 is 55.1 Å². The summed E-state index contributed by atoms with van der Waals surface area (Å²) in [6.45, 7) is 2.40. The maximum Gasteiger partial charge on any atom is 0.316 e. The first-order valence-corrected chi connectivity index (χ1v) is 49.2. The molecule has 0 atom stereocenters. The monoisotopic (exact) mass is 1980 g/mol. The van der Waals surface area contributed by atoms with E-state index in [4.69, 9.17) is 37.9 Å². The van der Waals surface area contributed by atoms with Crippen molar-refractivity contribution in [3.05, 3.63) is 373 Å². The molecular formula is C112H111F2N21O10S. The number of hydrogen-bond acceptors (Lipinski definition) is 26. The molecule has 34 heteroatoms. The molecule has 0 saturated carbocycles. The predicted molar refractivity (Wildman–Crippen MR) is 555 cm³/mol. The average molecular weight is 1980 g/mol. The Morgan fingerprint density at radius 1 is 0.336 bits per heavy atom. The Morgan fingerprint density at radius 3 is 1.07 bits per heavy atom. The van der Waals surface area contributed by atoms with Gasteiger partial charge < -0.3 is 48.1 Å². The van der Waals surface area contributed by atoms with Gasteiger partial charge in [0.1, 0.15) is 72.0 Å². The van der Waals surface area contributed by atoms with Gasteiger partial charge >= 0.3 is 6.01 Å². The minimum Gasteiger partial charge on any atom is -0.497 e. The van der Waals surface area contributed by atoms with Gasteiger partial charge in [-0.1, -0.05) is 109 Å². The number of halogens is 2. The van der Waals surface area contributed by atoms with Crippen molar-refractivity contribution in [2.45, 2.75) is 93.7 Å². The number of ether oxygens (including phenoxy) is 8. The van der Waals surface area contributed by atoms with Crippen LogP contribution in [0, 0.1) is 11.6 Å². The molecule has 7 aromatic carbocycles. The molecule has 1 aliphatic rings. The highest BCUT2D eigenvalue weighted by atomic mass is 32.2. The fourth-order valence-corrected chi connectivity index (χ4v) is 19.8. The van der Waals surface area contributed by atoms with E-state index in [9.17, 15) is 17.2 Å². The number of hydrogen-bond donors (Lipinski definition) is 1. The number of aryl methyl sites for hydroxylation is 10. The standard InChI is InChI=1S/C26H28N4O3S.C24H25FN4O.C21H19FN4O2.C21H20N4O2.C20H19N5O2/c1-33-25-5-3-2-4-20(25)6-9-21-10-13-24(26-29-28-18-30(21)26)19-7-11-22(12-8-19)34(31,32)23-14-16-27-17-15-23;1-28(2)15-17-4-6-18(7-5-17)22-12-10-20(29-16-26-27-24(22)29)9-8-19-14-21(30-3)11-13-23(19)25;1-27-19-6-4-3-5-14(19)7-8-16-9-10-17(20-25-24-13-26(16)20)15-11-18(22)21(28-2)23-12-15;1-26-18-11-16(12-22-13-18)19-10-9-17(25-14-23-24-21(19)25)8-7-15-5-3-4-6-20(15)27-2;1-26-18-6-4-3-5-14(18)7-8-16-9-10-17(19-24-23-13-25(16)19)15-11-21-20(27-2)22-12-15/h2-5,7-8,10-13,18,23,27H,6,9,14-17H2,1H3;4-7,10-14,16H,8-9,15H2,1-3H3;3-6,9-13H,7-8H2,1-2H3;3-6,9-14H,7-8H2,1-2H3;3-6,9-13H,7-8H2,1-2H3. The van der Waals surface area contributed by atoms with Crippen molar-refractivity contribution in [1.29, 1.82) is 0 Å². The molecule has 1 aliphatic heterocycles. The van der Waals surface area contributed by atoms with Crippen LogP contribution in [0.3, 0.4) is 0 Å². The Labute approximate surface area is 843 Å². The van der Waals surface area contributed by atoms with Crippen molar-refractivity contribution >= 4 is 38.1 Å². The van der Waals surface area contributed by atoms with Gasteiger partial charge in [0, 0.05) is 104 Å². The van der Waals surface area contributed by atoms with Gasteiger partial charge in [-0.3, -0.25) is 27.0 Å². The second-order valence-electron chi connectivity index (χ2n) is 34.8. The number of benzene rings is 7. The van der Waals surface area contributed by atoms with E-state index in [0.717, 1.165) is 206 Å². The van der Waals surface area contributed by atoms with Crippen LogP contribution in [0.15, 0.2) is 304 Å². The molecule has 0 bridgehead atoms. The van der Waals surface area contributed by atoms with E-state index < -0.39 is 15.7 Å². The molecule has 31 nitrogen and oxygen atoms in total.